The van der Waals surface area contributed by atoms with Crippen LogP contribution in [0.5, 0.6) is 5.75 Å². The molecule has 0 spiro atoms. The number of phenolic OH excluding ortho intramolecular Hbond substituents is 1. The van der Waals surface area contributed by atoms with Gasteiger partial charge < -0.3 is 24.1 Å². The van der Waals surface area contributed by atoms with E-state index in [2.05, 4.69) is 4.98 Å². The maximum absolute atomic E-state index is 14.0. The first kappa shape index (κ1) is 26.9. The number of ether oxygens (including phenoxy) is 2. The van der Waals surface area contributed by atoms with Crippen LogP contribution in [0, 0.1) is 6.92 Å². The van der Waals surface area contributed by atoms with Crippen LogP contribution in [0.1, 0.15) is 43.9 Å². The number of carboxylic acid groups (broad SMARTS) is 1. The SMILES string of the molecule is Cc1c(-c2ncco2)sc2c1c(=O)n(C(C)(C)C(=O)O)c(=O)n2C[C@@H](OC1CCOCC1)c1ccccc1O. The Labute approximate surface area is 226 Å². The highest BCUT2D eigenvalue weighted by Crippen LogP contribution is 2.37. The van der Waals surface area contributed by atoms with Gasteiger partial charge >= 0.3 is 11.7 Å². The van der Waals surface area contributed by atoms with Gasteiger partial charge in [0, 0.05) is 18.8 Å². The van der Waals surface area contributed by atoms with E-state index in [-0.39, 0.29) is 29.7 Å². The average molecular weight is 556 g/mol. The van der Waals surface area contributed by atoms with Gasteiger partial charge in [0.25, 0.3) is 5.56 Å². The first-order valence-corrected chi connectivity index (χ1v) is 13.4. The van der Waals surface area contributed by atoms with E-state index in [0.717, 1.165) is 15.9 Å². The molecule has 39 heavy (non-hydrogen) atoms. The van der Waals surface area contributed by atoms with Crippen molar-refractivity contribution in [2.75, 3.05) is 13.2 Å². The van der Waals surface area contributed by atoms with Crippen molar-refractivity contribution in [2.24, 2.45) is 0 Å². The molecule has 0 aliphatic carbocycles. The molecule has 4 heterocycles. The number of oxazole rings is 1. The number of fused-ring (bicyclic) bond motifs is 1. The van der Waals surface area contributed by atoms with Crippen molar-refractivity contribution in [1.82, 2.24) is 14.1 Å². The Balaban J connectivity index is 1.75. The summed E-state index contributed by atoms with van der Waals surface area (Å²) in [4.78, 5) is 45.0. The summed E-state index contributed by atoms with van der Waals surface area (Å²) >= 11 is 1.16. The highest BCUT2D eigenvalue weighted by atomic mass is 32.1. The molecule has 1 atom stereocenters. The number of carboxylic acids is 1. The summed E-state index contributed by atoms with van der Waals surface area (Å²) in [6.07, 6.45) is 3.23. The topological polar surface area (TPSA) is 146 Å². The highest BCUT2D eigenvalue weighted by molar-refractivity contribution is 7.22. The lowest BCUT2D eigenvalue weighted by Gasteiger charge is -2.29. The predicted octanol–water partition coefficient (Wildman–Crippen LogP) is 3.65. The van der Waals surface area contributed by atoms with E-state index >= 15 is 0 Å². The van der Waals surface area contributed by atoms with Gasteiger partial charge in [-0.25, -0.2) is 19.1 Å². The monoisotopic (exact) mass is 555 g/mol. The van der Waals surface area contributed by atoms with Gasteiger partial charge in [-0.3, -0.25) is 9.36 Å². The van der Waals surface area contributed by atoms with Crippen LogP contribution in [0.3, 0.4) is 0 Å². The molecule has 2 N–H and O–H groups in total. The van der Waals surface area contributed by atoms with Crippen molar-refractivity contribution in [3.63, 3.8) is 0 Å². The molecule has 1 aliphatic rings. The van der Waals surface area contributed by atoms with Crippen molar-refractivity contribution in [3.05, 3.63) is 68.7 Å². The molecule has 11 nitrogen and oxygen atoms in total. The fourth-order valence-electron chi connectivity index (χ4n) is 4.82. The molecule has 0 amide bonds. The second-order valence-electron chi connectivity index (χ2n) is 9.97. The van der Waals surface area contributed by atoms with Gasteiger partial charge in [0.1, 0.15) is 28.5 Å². The molecular formula is C27H29N3O8S. The molecule has 0 bridgehead atoms. The number of carbonyl (C=O) groups is 1. The van der Waals surface area contributed by atoms with Gasteiger partial charge in [-0.2, -0.15) is 0 Å². The third kappa shape index (κ3) is 4.79. The van der Waals surface area contributed by atoms with Crippen LogP contribution in [0.2, 0.25) is 0 Å². The number of aliphatic carboxylic acids is 1. The number of aryl methyl sites for hydroxylation is 1. The number of nitrogens with zero attached hydrogens (tertiary/aromatic N) is 3. The third-order valence-electron chi connectivity index (χ3n) is 7.08. The fraction of sp³-hybridized carbons (Fsp3) is 0.407. The predicted molar refractivity (Wildman–Crippen MR) is 143 cm³/mol. The smallest absolute Gasteiger partial charge is 0.333 e. The molecule has 206 valence electrons. The van der Waals surface area contributed by atoms with Crippen LogP contribution < -0.4 is 11.2 Å². The van der Waals surface area contributed by atoms with Crippen molar-refractivity contribution >= 4 is 27.5 Å². The summed E-state index contributed by atoms with van der Waals surface area (Å²) in [5.41, 5.74) is -2.35. The lowest BCUT2D eigenvalue weighted by atomic mass is 10.0. The summed E-state index contributed by atoms with van der Waals surface area (Å²) in [6, 6.07) is 6.71. The van der Waals surface area contributed by atoms with E-state index in [1.165, 1.54) is 30.9 Å². The van der Waals surface area contributed by atoms with Crippen LogP contribution in [-0.4, -0.2) is 49.6 Å². The number of phenols is 1. The van der Waals surface area contributed by atoms with Crippen LogP contribution in [0.25, 0.3) is 21.0 Å². The maximum Gasteiger partial charge on any atom is 0.333 e. The second-order valence-corrected chi connectivity index (χ2v) is 11.0. The van der Waals surface area contributed by atoms with E-state index in [1.54, 1.807) is 31.2 Å². The Hall–Kier alpha value is -3.74. The summed E-state index contributed by atoms with van der Waals surface area (Å²) in [6.45, 7) is 5.32. The van der Waals surface area contributed by atoms with Crippen LogP contribution in [0.4, 0.5) is 0 Å². The minimum absolute atomic E-state index is 0.000810. The lowest BCUT2D eigenvalue weighted by molar-refractivity contribution is -0.146. The van der Waals surface area contributed by atoms with Crippen LogP contribution in [0.15, 0.2) is 50.7 Å². The second kappa shape index (κ2) is 10.4. The first-order chi connectivity index (χ1) is 18.6. The number of para-hydroxylation sites is 1. The zero-order chi connectivity index (χ0) is 27.9. The highest BCUT2D eigenvalue weighted by Gasteiger charge is 2.36. The normalized spacial score (nSPS) is 15.6. The van der Waals surface area contributed by atoms with Gasteiger partial charge in [-0.15, -0.1) is 11.3 Å². The molecule has 1 saturated heterocycles. The Morgan fingerprint density at radius 2 is 1.97 bits per heavy atom. The molecular weight excluding hydrogens is 526 g/mol. The lowest BCUT2D eigenvalue weighted by Crippen LogP contribution is -2.52. The maximum atomic E-state index is 14.0. The van der Waals surface area contributed by atoms with Crippen molar-refractivity contribution in [3.8, 4) is 16.5 Å². The van der Waals surface area contributed by atoms with Crippen molar-refractivity contribution < 1.29 is 28.9 Å². The zero-order valence-corrected chi connectivity index (χ0v) is 22.6. The summed E-state index contributed by atoms with van der Waals surface area (Å²) in [5, 5.41) is 20.8. The van der Waals surface area contributed by atoms with E-state index in [9.17, 15) is 24.6 Å². The van der Waals surface area contributed by atoms with E-state index in [1.807, 2.05) is 0 Å². The first-order valence-electron chi connectivity index (χ1n) is 12.5. The number of rotatable bonds is 8. The fourth-order valence-corrected chi connectivity index (χ4v) is 6.06. The molecule has 4 aromatic rings. The van der Waals surface area contributed by atoms with E-state index in [0.29, 0.717) is 46.9 Å². The van der Waals surface area contributed by atoms with Gasteiger partial charge in [0.2, 0.25) is 5.89 Å². The summed E-state index contributed by atoms with van der Waals surface area (Å²) < 4.78 is 19.5. The Morgan fingerprint density at radius 3 is 2.62 bits per heavy atom. The standard InChI is InChI=1S/C27H29N3O8S/c1-15-20-23(32)30(27(2,3)25(33)34)26(35)29(24(20)39-21(15)22-28-10-13-37-22)14-19(17-6-4-5-7-18(17)31)38-16-8-11-36-12-9-16/h4-7,10,13,16,19,31H,8-9,11-12,14H2,1-3H3,(H,33,34)/t19-/m1/s1. The third-order valence-corrected chi connectivity index (χ3v) is 8.38. The Morgan fingerprint density at radius 1 is 1.26 bits per heavy atom. The van der Waals surface area contributed by atoms with Gasteiger partial charge in [-0.05, 0) is 45.2 Å². The van der Waals surface area contributed by atoms with Crippen LogP contribution in [-0.2, 0) is 26.4 Å². The van der Waals surface area contributed by atoms with Gasteiger partial charge in [0.15, 0.2) is 0 Å². The minimum Gasteiger partial charge on any atom is -0.508 e. The number of hydrogen-bond acceptors (Lipinski definition) is 9. The van der Waals surface area contributed by atoms with Crippen molar-refractivity contribution in [2.45, 2.75) is 57.9 Å². The van der Waals surface area contributed by atoms with E-state index in [4.69, 9.17) is 13.9 Å². The number of hydrogen-bond donors (Lipinski definition) is 2. The molecule has 1 aromatic carbocycles. The van der Waals surface area contributed by atoms with E-state index < -0.39 is 28.9 Å². The Bertz CT molecular complexity index is 1630. The number of aromatic hydroxyl groups is 1. The largest absolute Gasteiger partial charge is 0.508 e. The van der Waals surface area contributed by atoms with Gasteiger partial charge in [-0.1, -0.05) is 18.2 Å². The zero-order valence-electron chi connectivity index (χ0n) is 21.7. The summed E-state index contributed by atoms with van der Waals surface area (Å²) in [7, 11) is 0. The van der Waals surface area contributed by atoms with Crippen LogP contribution >= 0.6 is 11.3 Å². The molecule has 0 unspecified atom stereocenters. The molecule has 5 rings (SSSR count). The average Bonchev–Trinajstić information content (AvgIpc) is 3.55. The van der Waals surface area contributed by atoms with Gasteiger partial charge in [0.05, 0.1) is 29.1 Å². The molecule has 0 saturated carbocycles. The number of benzene rings is 1. The number of thiophene rings is 1. The Kier molecular flexibility index (Phi) is 7.19. The molecule has 12 heteroatoms. The summed E-state index contributed by atoms with van der Waals surface area (Å²) in [5.74, 6) is -1.04. The van der Waals surface area contributed by atoms with Crippen molar-refractivity contribution in [1.29, 1.82) is 0 Å². The molecule has 3 aromatic heterocycles. The molecule has 1 aliphatic heterocycles. The minimum atomic E-state index is -1.84. The number of aromatic nitrogens is 3. The quantitative estimate of drug-likeness (QED) is 0.333. The molecule has 1 fully saturated rings. The molecule has 0 radical (unpaired) electrons.